The van der Waals surface area contributed by atoms with Crippen molar-refractivity contribution in [3.8, 4) is 0 Å². The minimum Gasteiger partial charge on any atom is -0.326 e. The Labute approximate surface area is 142 Å². The maximum absolute atomic E-state index is 12.2. The highest BCUT2D eigenvalue weighted by molar-refractivity contribution is 7.98. The van der Waals surface area contributed by atoms with Crippen LogP contribution in [-0.4, -0.2) is 22.1 Å². The number of rotatable bonds is 5. The summed E-state index contributed by atoms with van der Waals surface area (Å²) in [5, 5.41) is 3.78. The van der Waals surface area contributed by atoms with Crippen LogP contribution in [0.15, 0.2) is 23.4 Å². The van der Waals surface area contributed by atoms with Gasteiger partial charge in [0.05, 0.1) is 0 Å². The summed E-state index contributed by atoms with van der Waals surface area (Å²) in [6.07, 6.45) is 3.05. The number of carbonyl (C=O) groups excluding carboxylic acids is 1. The molecule has 2 rings (SSSR count). The molecule has 2 aromatic rings. The number of amides is 1. The Bertz CT molecular complexity index is 705. The zero-order valence-corrected chi connectivity index (χ0v) is 15.2. The zero-order chi connectivity index (χ0) is 17.0. The molecule has 0 bridgehead atoms. The van der Waals surface area contributed by atoms with Gasteiger partial charge in [-0.2, -0.15) is 0 Å². The van der Waals surface area contributed by atoms with Crippen molar-refractivity contribution < 1.29 is 4.79 Å². The van der Waals surface area contributed by atoms with E-state index in [4.69, 9.17) is 0 Å². The minimum absolute atomic E-state index is 0.0199. The molecule has 0 saturated carbocycles. The predicted molar refractivity (Wildman–Crippen MR) is 96.2 cm³/mol. The van der Waals surface area contributed by atoms with E-state index in [2.05, 4.69) is 15.3 Å². The number of nitrogens with zero attached hydrogens (tertiary/aromatic N) is 2. The predicted octanol–water partition coefficient (Wildman–Crippen LogP) is 4.00. The second kappa shape index (κ2) is 7.59. The van der Waals surface area contributed by atoms with Gasteiger partial charge in [0.1, 0.15) is 0 Å². The van der Waals surface area contributed by atoms with Crippen LogP contribution in [0.25, 0.3) is 0 Å². The highest BCUT2D eigenvalue weighted by atomic mass is 32.2. The normalized spacial score (nSPS) is 10.7. The first-order chi connectivity index (χ1) is 10.9. The highest BCUT2D eigenvalue weighted by Gasteiger charge is 2.11. The van der Waals surface area contributed by atoms with Gasteiger partial charge in [-0.15, -0.1) is 0 Å². The van der Waals surface area contributed by atoms with E-state index in [0.29, 0.717) is 12.8 Å². The van der Waals surface area contributed by atoms with E-state index < -0.39 is 0 Å². The van der Waals surface area contributed by atoms with Crippen LogP contribution < -0.4 is 5.32 Å². The summed E-state index contributed by atoms with van der Waals surface area (Å²) in [4.78, 5) is 21.2. The SMILES string of the molecule is CSc1nc(C)c(CCC(=O)Nc2cccc(C)c2C)c(C)n1. The first kappa shape index (κ1) is 17.5. The van der Waals surface area contributed by atoms with Crippen LogP contribution in [0, 0.1) is 27.7 Å². The van der Waals surface area contributed by atoms with Gasteiger partial charge >= 0.3 is 0 Å². The number of thioether (sulfide) groups is 1. The number of carbonyl (C=O) groups is 1. The Morgan fingerprint density at radius 3 is 2.39 bits per heavy atom. The Morgan fingerprint density at radius 2 is 1.78 bits per heavy atom. The number of nitrogens with one attached hydrogen (secondary N) is 1. The van der Waals surface area contributed by atoms with E-state index in [0.717, 1.165) is 33.4 Å². The van der Waals surface area contributed by atoms with Crippen molar-refractivity contribution in [3.05, 3.63) is 46.3 Å². The molecule has 0 aliphatic heterocycles. The first-order valence-electron chi connectivity index (χ1n) is 7.66. The van der Waals surface area contributed by atoms with Crippen molar-refractivity contribution in [3.63, 3.8) is 0 Å². The Balaban J connectivity index is 2.04. The summed E-state index contributed by atoms with van der Waals surface area (Å²) in [7, 11) is 0. The lowest BCUT2D eigenvalue weighted by molar-refractivity contribution is -0.116. The summed E-state index contributed by atoms with van der Waals surface area (Å²) in [5.74, 6) is 0.0199. The first-order valence-corrected chi connectivity index (χ1v) is 8.89. The quantitative estimate of drug-likeness (QED) is 0.665. The molecule has 122 valence electrons. The van der Waals surface area contributed by atoms with Crippen LogP contribution in [0.2, 0.25) is 0 Å². The molecule has 0 saturated heterocycles. The van der Waals surface area contributed by atoms with Crippen LogP contribution in [0.4, 0.5) is 5.69 Å². The third kappa shape index (κ3) is 4.32. The third-order valence-corrected chi connectivity index (χ3v) is 4.61. The summed E-state index contributed by atoms with van der Waals surface area (Å²) >= 11 is 1.53. The van der Waals surface area contributed by atoms with E-state index in [-0.39, 0.29) is 5.91 Å². The van der Waals surface area contributed by atoms with Gasteiger partial charge in [0.25, 0.3) is 0 Å². The lowest BCUT2D eigenvalue weighted by Crippen LogP contribution is -2.14. The van der Waals surface area contributed by atoms with Gasteiger partial charge in [0.2, 0.25) is 5.91 Å². The molecular formula is C18H23N3OS. The molecule has 23 heavy (non-hydrogen) atoms. The fourth-order valence-corrected chi connectivity index (χ4v) is 2.96. The van der Waals surface area contributed by atoms with Crippen LogP contribution in [0.3, 0.4) is 0 Å². The molecule has 0 aliphatic rings. The van der Waals surface area contributed by atoms with Gasteiger partial charge in [-0.25, -0.2) is 9.97 Å². The summed E-state index contributed by atoms with van der Waals surface area (Å²) < 4.78 is 0. The highest BCUT2D eigenvalue weighted by Crippen LogP contribution is 2.20. The largest absolute Gasteiger partial charge is 0.326 e. The maximum Gasteiger partial charge on any atom is 0.224 e. The molecule has 0 aliphatic carbocycles. The van der Waals surface area contributed by atoms with E-state index >= 15 is 0 Å². The van der Waals surface area contributed by atoms with Gasteiger partial charge in [0.15, 0.2) is 5.16 Å². The lowest BCUT2D eigenvalue weighted by Gasteiger charge is -2.12. The monoisotopic (exact) mass is 329 g/mol. The van der Waals surface area contributed by atoms with Gasteiger partial charge in [-0.3, -0.25) is 4.79 Å². The Hall–Kier alpha value is -1.88. The van der Waals surface area contributed by atoms with E-state index in [9.17, 15) is 4.79 Å². The number of hydrogen-bond donors (Lipinski definition) is 1. The van der Waals surface area contributed by atoms with Crippen molar-refractivity contribution in [2.45, 2.75) is 45.7 Å². The molecule has 1 aromatic carbocycles. The van der Waals surface area contributed by atoms with Crippen LogP contribution >= 0.6 is 11.8 Å². The molecule has 5 heteroatoms. The van der Waals surface area contributed by atoms with Crippen molar-refractivity contribution in [1.29, 1.82) is 0 Å². The topological polar surface area (TPSA) is 54.9 Å². The van der Waals surface area contributed by atoms with Gasteiger partial charge in [-0.1, -0.05) is 23.9 Å². The molecule has 1 aromatic heterocycles. The lowest BCUT2D eigenvalue weighted by atomic mass is 10.1. The third-order valence-electron chi connectivity index (χ3n) is 4.06. The smallest absolute Gasteiger partial charge is 0.224 e. The van der Waals surface area contributed by atoms with Crippen molar-refractivity contribution in [2.75, 3.05) is 11.6 Å². The van der Waals surface area contributed by atoms with Crippen LogP contribution in [0.5, 0.6) is 0 Å². The molecule has 4 nitrogen and oxygen atoms in total. The minimum atomic E-state index is 0.0199. The molecule has 0 unspecified atom stereocenters. The van der Waals surface area contributed by atoms with Gasteiger partial charge < -0.3 is 5.32 Å². The average molecular weight is 329 g/mol. The molecule has 1 N–H and O–H groups in total. The Kier molecular flexibility index (Phi) is 5.77. The maximum atomic E-state index is 12.2. The van der Waals surface area contributed by atoms with E-state index in [1.54, 1.807) is 0 Å². The number of aromatic nitrogens is 2. The second-order valence-corrected chi connectivity index (χ2v) is 6.43. The molecule has 0 atom stereocenters. The molecule has 0 fully saturated rings. The molecule has 0 spiro atoms. The van der Waals surface area contributed by atoms with Gasteiger partial charge in [0, 0.05) is 23.5 Å². The summed E-state index contributed by atoms with van der Waals surface area (Å²) in [6.45, 7) is 8.02. The number of hydrogen-bond acceptors (Lipinski definition) is 4. The standard InChI is InChI=1S/C18H23N3OS/c1-11-7-6-8-16(12(11)2)21-17(22)10-9-15-13(3)19-18(23-5)20-14(15)4/h6-8H,9-10H2,1-5H3,(H,21,22). The number of anilines is 1. The Morgan fingerprint density at radius 1 is 1.13 bits per heavy atom. The van der Waals surface area contributed by atoms with Crippen molar-refractivity contribution >= 4 is 23.4 Å². The summed E-state index contributed by atoms with van der Waals surface area (Å²) in [6, 6.07) is 5.94. The van der Waals surface area contributed by atoms with Crippen LogP contribution in [0.1, 0.15) is 34.5 Å². The number of benzene rings is 1. The van der Waals surface area contributed by atoms with E-state index in [1.807, 2.05) is 52.1 Å². The zero-order valence-electron chi connectivity index (χ0n) is 14.4. The van der Waals surface area contributed by atoms with E-state index in [1.165, 1.54) is 17.3 Å². The van der Waals surface area contributed by atoms with Gasteiger partial charge in [-0.05, 0) is 63.1 Å². The fraction of sp³-hybridized carbons (Fsp3) is 0.389. The average Bonchev–Trinajstić information content (AvgIpc) is 2.50. The second-order valence-electron chi connectivity index (χ2n) is 5.66. The number of aryl methyl sites for hydroxylation is 3. The molecular weight excluding hydrogens is 306 g/mol. The molecule has 1 heterocycles. The summed E-state index contributed by atoms with van der Waals surface area (Å²) in [5.41, 5.74) is 6.16. The molecule has 1 amide bonds. The van der Waals surface area contributed by atoms with Crippen LogP contribution in [-0.2, 0) is 11.2 Å². The fourth-order valence-electron chi connectivity index (χ4n) is 2.50. The van der Waals surface area contributed by atoms with Crippen molar-refractivity contribution in [2.24, 2.45) is 0 Å². The van der Waals surface area contributed by atoms with Crippen molar-refractivity contribution in [1.82, 2.24) is 9.97 Å². The molecule has 0 radical (unpaired) electrons.